The second kappa shape index (κ2) is 7.47. The van der Waals surface area contributed by atoms with Gasteiger partial charge in [0, 0.05) is 35.1 Å². The highest BCUT2D eigenvalue weighted by Crippen LogP contribution is 2.23. The van der Waals surface area contributed by atoms with Crippen LogP contribution in [0, 0.1) is 0 Å². The standard InChI is InChI=1S/C17H11BrCl2N2O2/c18-11-3-1-10(2-4-11)15-8-13(24-22-15)5-6-16(23)14-7-12(19)9-21-17(14)20/h1-4,7-9H,5-6H2. The Kier molecular flexibility index (Phi) is 5.33. The molecule has 0 aliphatic carbocycles. The molecule has 0 saturated carbocycles. The molecule has 0 fully saturated rings. The largest absolute Gasteiger partial charge is 0.361 e. The van der Waals surface area contributed by atoms with E-state index in [0.717, 1.165) is 15.7 Å². The second-order valence-electron chi connectivity index (χ2n) is 5.10. The summed E-state index contributed by atoms with van der Waals surface area (Å²) >= 11 is 15.2. The third-order valence-corrected chi connectivity index (χ3v) is 4.44. The van der Waals surface area contributed by atoms with Crippen LogP contribution < -0.4 is 0 Å². The van der Waals surface area contributed by atoms with Crippen LogP contribution in [0.4, 0.5) is 0 Å². The van der Waals surface area contributed by atoms with E-state index in [1.165, 1.54) is 12.3 Å². The molecule has 0 aliphatic heterocycles. The highest BCUT2D eigenvalue weighted by atomic mass is 79.9. The second-order valence-corrected chi connectivity index (χ2v) is 6.81. The minimum atomic E-state index is -0.142. The predicted octanol–water partition coefficient (Wildman–Crippen LogP) is 5.62. The van der Waals surface area contributed by atoms with Gasteiger partial charge in [0.2, 0.25) is 0 Å². The van der Waals surface area contributed by atoms with Crippen LogP contribution in [-0.4, -0.2) is 15.9 Å². The summed E-state index contributed by atoms with van der Waals surface area (Å²) in [5.41, 5.74) is 1.99. The molecule has 7 heteroatoms. The SMILES string of the molecule is O=C(CCc1cc(-c2ccc(Br)cc2)no1)c1cc(Cl)cnc1Cl. The van der Waals surface area contributed by atoms with Gasteiger partial charge in [-0.2, -0.15) is 0 Å². The van der Waals surface area contributed by atoms with Crippen molar-refractivity contribution in [3.8, 4) is 11.3 Å². The van der Waals surface area contributed by atoms with Crippen LogP contribution in [0.1, 0.15) is 22.5 Å². The lowest BCUT2D eigenvalue weighted by Crippen LogP contribution is -2.03. The zero-order valence-electron chi connectivity index (χ0n) is 12.3. The first kappa shape index (κ1) is 17.1. The van der Waals surface area contributed by atoms with Crippen LogP contribution in [0.25, 0.3) is 11.3 Å². The maximum absolute atomic E-state index is 12.3. The highest BCUT2D eigenvalue weighted by molar-refractivity contribution is 9.10. The number of benzene rings is 1. The van der Waals surface area contributed by atoms with Crippen LogP contribution in [0.2, 0.25) is 10.2 Å². The molecule has 0 amide bonds. The maximum Gasteiger partial charge on any atom is 0.166 e. The van der Waals surface area contributed by atoms with Crippen molar-refractivity contribution in [3.63, 3.8) is 0 Å². The van der Waals surface area contributed by atoms with Gasteiger partial charge in [0.25, 0.3) is 0 Å². The van der Waals surface area contributed by atoms with Gasteiger partial charge in [-0.15, -0.1) is 0 Å². The van der Waals surface area contributed by atoms with Crippen molar-refractivity contribution in [2.45, 2.75) is 12.8 Å². The number of pyridine rings is 1. The molecule has 3 aromatic rings. The average molecular weight is 426 g/mol. The molecule has 0 bridgehead atoms. The molecule has 0 saturated heterocycles. The summed E-state index contributed by atoms with van der Waals surface area (Å²) in [6.07, 6.45) is 2.06. The molecule has 24 heavy (non-hydrogen) atoms. The van der Waals surface area contributed by atoms with E-state index >= 15 is 0 Å². The summed E-state index contributed by atoms with van der Waals surface area (Å²) in [5.74, 6) is 0.490. The number of hydrogen-bond donors (Lipinski definition) is 0. The summed E-state index contributed by atoms with van der Waals surface area (Å²) < 4.78 is 6.29. The molecule has 2 aromatic heterocycles. The minimum Gasteiger partial charge on any atom is -0.361 e. The van der Waals surface area contributed by atoms with Gasteiger partial charge in [-0.05, 0) is 18.2 Å². The number of aryl methyl sites for hydroxylation is 1. The molecule has 0 aliphatic rings. The number of Topliss-reactive ketones (excluding diaryl/α,β-unsaturated/α-hetero) is 1. The van der Waals surface area contributed by atoms with E-state index < -0.39 is 0 Å². The van der Waals surface area contributed by atoms with Crippen molar-refractivity contribution in [2.75, 3.05) is 0 Å². The number of carbonyl (C=O) groups excluding carboxylic acids is 1. The Hall–Kier alpha value is -1.69. The molecule has 2 heterocycles. The fourth-order valence-electron chi connectivity index (χ4n) is 2.18. The van der Waals surface area contributed by atoms with Gasteiger partial charge in [0.15, 0.2) is 5.78 Å². The smallest absolute Gasteiger partial charge is 0.166 e. The van der Waals surface area contributed by atoms with Crippen LogP contribution in [0.5, 0.6) is 0 Å². The predicted molar refractivity (Wildman–Crippen MR) is 96.5 cm³/mol. The molecule has 0 radical (unpaired) electrons. The number of carbonyl (C=O) groups is 1. The fraction of sp³-hybridized carbons (Fsp3) is 0.118. The van der Waals surface area contributed by atoms with E-state index in [1.807, 2.05) is 30.3 Å². The normalized spacial score (nSPS) is 10.8. The van der Waals surface area contributed by atoms with E-state index in [4.69, 9.17) is 27.7 Å². The van der Waals surface area contributed by atoms with Crippen LogP contribution >= 0.6 is 39.1 Å². The van der Waals surface area contributed by atoms with Gasteiger partial charge in [0.1, 0.15) is 16.6 Å². The van der Waals surface area contributed by atoms with Gasteiger partial charge in [-0.25, -0.2) is 4.98 Å². The zero-order valence-corrected chi connectivity index (χ0v) is 15.4. The summed E-state index contributed by atoms with van der Waals surface area (Å²) in [6.45, 7) is 0. The molecular weight excluding hydrogens is 415 g/mol. The molecule has 4 nitrogen and oxygen atoms in total. The first-order valence-corrected chi connectivity index (χ1v) is 8.63. The third kappa shape index (κ3) is 4.04. The van der Waals surface area contributed by atoms with Crippen molar-refractivity contribution < 1.29 is 9.32 Å². The van der Waals surface area contributed by atoms with Gasteiger partial charge in [-0.3, -0.25) is 4.79 Å². The lowest BCUT2D eigenvalue weighted by Gasteiger charge is -2.02. The Bertz CT molecular complexity index is 879. The number of ketones is 1. The van der Waals surface area contributed by atoms with Gasteiger partial charge in [-0.1, -0.05) is 56.4 Å². The van der Waals surface area contributed by atoms with E-state index in [-0.39, 0.29) is 17.4 Å². The summed E-state index contributed by atoms with van der Waals surface area (Å²) in [4.78, 5) is 16.1. The lowest BCUT2D eigenvalue weighted by molar-refractivity contribution is 0.0980. The monoisotopic (exact) mass is 424 g/mol. The number of rotatable bonds is 5. The van der Waals surface area contributed by atoms with Crippen molar-refractivity contribution >= 4 is 44.9 Å². The first-order valence-electron chi connectivity index (χ1n) is 7.09. The molecule has 0 spiro atoms. The Balaban J connectivity index is 1.68. The van der Waals surface area contributed by atoms with Crippen molar-refractivity contribution in [1.29, 1.82) is 0 Å². The maximum atomic E-state index is 12.3. The van der Waals surface area contributed by atoms with Gasteiger partial charge in [0.05, 0.1) is 10.6 Å². The average Bonchev–Trinajstić information content (AvgIpc) is 3.04. The van der Waals surface area contributed by atoms with E-state index in [2.05, 4.69) is 26.1 Å². The number of hydrogen-bond acceptors (Lipinski definition) is 4. The molecular formula is C17H11BrCl2N2O2. The van der Waals surface area contributed by atoms with E-state index in [0.29, 0.717) is 22.8 Å². The summed E-state index contributed by atoms with van der Waals surface area (Å²) in [6, 6.07) is 11.1. The first-order chi connectivity index (χ1) is 11.5. The Morgan fingerprint density at radius 2 is 1.92 bits per heavy atom. The summed E-state index contributed by atoms with van der Waals surface area (Å²) in [5, 5.41) is 4.56. The lowest BCUT2D eigenvalue weighted by atomic mass is 10.1. The Morgan fingerprint density at radius 1 is 1.17 bits per heavy atom. The number of aromatic nitrogens is 2. The highest BCUT2D eigenvalue weighted by Gasteiger charge is 2.14. The van der Waals surface area contributed by atoms with Gasteiger partial charge >= 0.3 is 0 Å². The molecule has 1 aromatic carbocycles. The molecule has 0 atom stereocenters. The zero-order chi connectivity index (χ0) is 17.1. The van der Waals surface area contributed by atoms with E-state index in [9.17, 15) is 4.79 Å². The number of nitrogens with zero attached hydrogens (tertiary/aromatic N) is 2. The van der Waals surface area contributed by atoms with Crippen LogP contribution in [0.15, 0.2) is 51.6 Å². The molecule has 122 valence electrons. The van der Waals surface area contributed by atoms with Gasteiger partial charge < -0.3 is 4.52 Å². The van der Waals surface area contributed by atoms with E-state index in [1.54, 1.807) is 0 Å². The summed E-state index contributed by atoms with van der Waals surface area (Å²) in [7, 11) is 0. The third-order valence-electron chi connectivity index (χ3n) is 3.40. The minimum absolute atomic E-state index is 0.142. The number of halogens is 3. The quantitative estimate of drug-likeness (QED) is 0.393. The molecule has 0 unspecified atom stereocenters. The molecule has 3 rings (SSSR count). The topological polar surface area (TPSA) is 56.0 Å². The van der Waals surface area contributed by atoms with Crippen LogP contribution in [0.3, 0.4) is 0 Å². The van der Waals surface area contributed by atoms with Crippen LogP contribution in [-0.2, 0) is 6.42 Å². The van der Waals surface area contributed by atoms with Crippen molar-refractivity contribution in [2.24, 2.45) is 0 Å². The Morgan fingerprint density at radius 3 is 2.67 bits per heavy atom. The fourth-order valence-corrected chi connectivity index (χ4v) is 2.81. The molecule has 0 N–H and O–H groups in total. The Labute approximate surface area is 156 Å². The van der Waals surface area contributed by atoms with Crippen molar-refractivity contribution in [3.05, 3.63) is 68.6 Å². The van der Waals surface area contributed by atoms with Crippen molar-refractivity contribution in [1.82, 2.24) is 10.1 Å².